The molecule has 5 atom stereocenters. The Bertz CT molecular complexity index is 609. The molecule has 186 valence electrons. The summed E-state index contributed by atoms with van der Waals surface area (Å²) in [5.74, 6) is -2.74. The van der Waals surface area contributed by atoms with Crippen LogP contribution >= 0.6 is 11.8 Å². The Morgan fingerprint density at radius 1 is 0.969 bits per heavy atom. The first-order valence-electron chi connectivity index (χ1n) is 10.8. The number of carbonyl (C=O) groups is 4. The van der Waals surface area contributed by atoms with Crippen LogP contribution in [0.2, 0.25) is 0 Å². The monoisotopic (exact) mass is 477 g/mol. The maximum atomic E-state index is 13.0. The van der Waals surface area contributed by atoms with Gasteiger partial charge in [-0.25, -0.2) is 4.79 Å². The molecule has 0 aromatic rings. The molecular formula is C20H39N5O6S. The van der Waals surface area contributed by atoms with Crippen LogP contribution in [0.4, 0.5) is 0 Å². The molecule has 0 aliphatic heterocycles. The number of nitrogens with one attached hydrogen (secondary N) is 3. The third-order valence-electron chi connectivity index (χ3n) is 5.13. The summed E-state index contributed by atoms with van der Waals surface area (Å²) < 4.78 is 0. The van der Waals surface area contributed by atoms with E-state index in [1.165, 1.54) is 11.8 Å². The van der Waals surface area contributed by atoms with Crippen molar-refractivity contribution in [1.82, 2.24) is 16.0 Å². The Morgan fingerprint density at radius 3 is 2.09 bits per heavy atom. The molecule has 0 heterocycles. The van der Waals surface area contributed by atoms with E-state index in [4.69, 9.17) is 16.6 Å². The number of carboxylic acids is 1. The van der Waals surface area contributed by atoms with Gasteiger partial charge in [-0.15, -0.1) is 0 Å². The maximum absolute atomic E-state index is 13.0. The van der Waals surface area contributed by atoms with Gasteiger partial charge in [0.05, 0.1) is 6.61 Å². The number of aliphatic carboxylic acids is 1. The number of aliphatic hydroxyl groups is 1. The van der Waals surface area contributed by atoms with Gasteiger partial charge in [0.2, 0.25) is 17.7 Å². The molecule has 12 heteroatoms. The lowest BCUT2D eigenvalue weighted by atomic mass is 9.97. The van der Waals surface area contributed by atoms with Crippen molar-refractivity contribution >= 4 is 35.5 Å². The van der Waals surface area contributed by atoms with Crippen LogP contribution in [0, 0.1) is 5.92 Å². The molecule has 0 aliphatic rings. The number of nitrogens with two attached hydrogens (primary N) is 2. The molecule has 0 saturated carbocycles. The first-order chi connectivity index (χ1) is 15.1. The normalized spacial score (nSPS) is 15.7. The lowest BCUT2D eigenvalue weighted by Crippen LogP contribution is -2.59. The average molecular weight is 478 g/mol. The molecule has 32 heavy (non-hydrogen) atoms. The van der Waals surface area contributed by atoms with Crippen molar-refractivity contribution in [1.29, 1.82) is 0 Å². The molecule has 5 unspecified atom stereocenters. The Kier molecular flexibility index (Phi) is 15.7. The summed E-state index contributed by atoms with van der Waals surface area (Å²) in [6.07, 6.45) is 4.09. The smallest absolute Gasteiger partial charge is 0.326 e. The SMILES string of the molecule is CCC(C)C(NC(=O)C(N)CO)C(=O)NC(CCCCN)C(=O)NC(CCSC)C(=O)O. The summed E-state index contributed by atoms with van der Waals surface area (Å²) in [7, 11) is 0. The minimum Gasteiger partial charge on any atom is -0.480 e. The topological polar surface area (TPSA) is 197 Å². The van der Waals surface area contributed by atoms with E-state index < -0.39 is 54.5 Å². The number of rotatable bonds is 17. The Hall–Kier alpha value is -1.89. The van der Waals surface area contributed by atoms with Crippen LogP contribution in [-0.2, 0) is 19.2 Å². The van der Waals surface area contributed by atoms with Crippen molar-refractivity contribution in [3.8, 4) is 0 Å². The molecule has 3 amide bonds. The van der Waals surface area contributed by atoms with Crippen LogP contribution in [0.15, 0.2) is 0 Å². The molecular weight excluding hydrogens is 438 g/mol. The zero-order valence-electron chi connectivity index (χ0n) is 19.1. The number of carbonyl (C=O) groups excluding carboxylic acids is 3. The standard InChI is InChI=1S/C20H39N5O6S/c1-4-12(2)16(25-17(27)13(22)11-26)19(29)23-14(7-5-6-9-21)18(28)24-15(20(30)31)8-10-32-3/h12-16,26H,4-11,21-22H2,1-3H3,(H,23,29)(H,24,28)(H,25,27)(H,30,31). The van der Waals surface area contributed by atoms with Gasteiger partial charge in [0.1, 0.15) is 24.2 Å². The molecule has 0 aromatic carbocycles. The van der Waals surface area contributed by atoms with Crippen molar-refractivity contribution in [2.24, 2.45) is 17.4 Å². The van der Waals surface area contributed by atoms with E-state index in [0.717, 1.165) is 0 Å². The van der Waals surface area contributed by atoms with Gasteiger partial charge in [-0.05, 0) is 50.2 Å². The fourth-order valence-corrected chi connectivity index (χ4v) is 3.31. The highest BCUT2D eigenvalue weighted by Gasteiger charge is 2.32. The van der Waals surface area contributed by atoms with Crippen molar-refractivity contribution in [2.75, 3.05) is 25.2 Å². The second kappa shape index (κ2) is 16.7. The first-order valence-corrected chi connectivity index (χ1v) is 12.2. The Balaban J connectivity index is 5.47. The third kappa shape index (κ3) is 11.1. The van der Waals surface area contributed by atoms with Crippen LogP contribution in [-0.4, -0.2) is 83.2 Å². The van der Waals surface area contributed by atoms with Gasteiger partial charge >= 0.3 is 5.97 Å². The van der Waals surface area contributed by atoms with Crippen molar-refractivity contribution in [3.05, 3.63) is 0 Å². The van der Waals surface area contributed by atoms with E-state index in [-0.39, 0.29) is 18.8 Å². The minimum atomic E-state index is -1.18. The summed E-state index contributed by atoms with van der Waals surface area (Å²) in [6.45, 7) is 3.45. The van der Waals surface area contributed by atoms with Crippen LogP contribution < -0.4 is 27.4 Å². The highest BCUT2D eigenvalue weighted by molar-refractivity contribution is 7.98. The minimum absolute atomic E-state index is 0.246. The van der Waals surface area contributed by atoms with Crippen molar-refractivity contribution < 1.29 is 29.4 Å². The molecule has 0 rings (SSSR count). The quantitative estimate of drug-likeness (QED) is 0.125. The molecule has 0 radical (unpaired) electrons. The largest absolute Gasteiger partial charge is 0.480 e. The molecule has 0 saturated heterocycles. The van der Waals surface area contributed by atoms with Gasteiger partial charge in [0.15, 0.2) is 0 Å². The number of hydrogen-bond donors (Lipinski definition) is 7. The fourth-order valence-electron chi connectivity index (χ4n) is 2.83. The molecule has 0 aromatic heterocycles. The summed E-state index contributed by atoms with van der Waals surface area (Å²) in [4.78, 5) is 49.4. The predicted octanol–water partition coefficient (Wildman–Crippen LogP) is -1.23. The average Bonchev–Trinajstić information content (AvgIpc) is 2.77. The van der Waals surface area contributed by atoms with Crippen LogP contribution in [0.1, 0.15) is 46.0 Å². The number of aliphatic hydroxyl groups excluding tert-OH is 1. The van der Waals surface area contributed by atoms with Gasteiger partial charge in [-0.2, -0.15) is 11.8 Å². The van der Waals surface area contributed by atoms with Gasteiger partial charge in [0.25, 0.3) is 0 Å². The van der Waals surface area contributed by atoms with E-state index in [2.05, 4.69) is 16.0 Å². The molecule has 0 aliphatic carbocycles. The highest BCUT2D eigenvalue weighted by Crippen LogP contribution is 2.11. The summed E-state index contributed by atoms with van der Waals surface area (Å²) in [5, 5.41) is 26.1. The molecule has 9 N–H and O–H groups in total. The van der Waals surface area contributed by atoms with Crippen molar-refractivity contribution in [2.45, 2.75) is 70.1 Å². The van der Waals surface area contributed by atoms with Gasteiger partial charge in [-0.3, -0.25) is 14.4 Å². The summed E-state index contributed by atoms with van der Waals surface area (Å²) in [5.41, 5.74) is 11.1. The molecule has 0 bridgehead atoms. The Morgan fingerprint density at radius 2 is 1.59 bits per heavy atom. The zero-order chi connectivity index (χ0) is 24.7. The number of unbranched alkanes of at least 4 members (excludes halogenated alkanes) is 1. The number of carboxylic acid groups (broad SMARTS) is 1. The summed E-state index contributed by atoms with van der Waals surface area (Å²) in [6, 6.07) is -4.20. The van der Waals surface area contributed by atoms with Crippen LogP contribution in [0.3, 0.4) is 0 Å². The second-order valence-electron chi connectivity index (χ2n) is 7.69. The number of hydrogen-bond acceptors (Lipinski definition) is 8. The number of amides is 3. The lowest BCUT2D eigenvalue weighted by molar-refractivity contribution is -0.142. The van der Waals surface area contributed by atoms with Crippen LogP contribution in [0.5, 0.6) is 0 Å². The maximum Gasteiger partial charge on any atom is 0.326 e. The number of thioether (sulfide) groups is 1. The van der Waals surface area contributed by atoms with E-state index in [1.807, 2.05) is 13.2 Å². The Labute approximate surface area is 193 Å². The lowest BCUT2D eigenvalue weighted by Gasteiger charge is -2.28. The van der Waals surface area contributed by atoms with Crippen LogP contribution in [0.25, 0.3) is 0 Å². The van der Waals surface area contributed by atoms with E-state index >= 15 is 0 Å². The first kappa shape index (κ1) is 30.1. The predicted molar refractivity (Wildman–Crippen MR) is 124 cm³/mol. The molecule has 0 fully saturated rings. The molecule has 0 spiro atoms. The van der Waals surface area contributed by atoms with Crippen molar-refractivity contribution in [3.63, 3.8) is 0 Å². The fraction of sp³-hybridized carbons (Fsp3) is 0.800. The summed E-state index contributed by atoms with van der Waals surface area (Å²) >= 11 is 1.46. The molecule has 11 nitrogen and oxygen atoms in total. The second-order valence-corrected chi connectivity index (χ2v) is 8.67. The highest BCUT2D eigenvalue weighted by atomic mass is 32.2. The van der Waals surface area contributed by atoms with Gasteiger partial charge in [-0.1, -0.05) is 20.3 Å². The van der Waals surface area contributed by atoms with E-state index in [9.17, 15) is 24.3 Å². The van der Waals surface area contributed by atoms with Gasteiger partial charge in [0, 0.05) is 0 Å². The van der Waals surface area contributed by atoms with E-state index in [1.54, 1.807) is 6.92 Å². The van der Waals surface area contributed by atoms with Gasteiger partial charge < -0.3 is 37.6 Å². The zero-order valence-corrected chi connectivity index (χ0v) is 20.0. The van der Waals surface area contributed by atoms with E-state index in [0.29, 0.717) is 31.6 Å². The third-order valence-corrected chi connectivity index (χ3v) is 5.78.